The van der Waals surface area contributed by atoms with E-state index in [0.29, 0.717) is 6.10 Å². The van der Waals surface area contributed by atoms with Crippen LogP contribution in [0.25, 0.3) is 0 Å². The van der Waals surface area contributed by atoms with Crippen molar-refractivity contribution in [2.45, 2.75) is 44.6 Å². The van der Waals surface area contributed by atoms with Crippen molar-refractivity contribution < 1.29 is 9.84 Å². The zero-order valence-electron chi connectivity index (χ0n) is 8.69. The molecule has 3 atom stereocenters. The van der Waals surface area contributed by atoms with Crippen molar-refractivity contribution in [2.75, 3.05) is 6.79 Å². The summed E-state index contributed by atoms with van der Waals surface area (Å²) in [5, 5.41) is 8.68. The van der Waals surface area contributed by atoms with Gasteiger partial charge in [0, 0.05) is 0 Å². The second-order valence-corrected chi connectivity index (χ2v) is 5.39. The Balaban J connectivity index is 1.46. The van der Waals surface area contributed by atoms with E-state index in [1.165, 1.54) is 38.5 Å². The molecule has 2 nitrogen and oxygen atoms in total. The fraction of sp³-hybridized carbons (Fsp3) is 1.00. The lowest BCUT2D eigenvalue weighted by Crippen LogP contribution is -2.31. The van der Waals surface area contributed by atoms with Gasteiger partial charge in [0.15, 0.2) is 0 Å². The van der Waals surface area contributed by atoms with Gasteiger partial charge in [0.05, 0.1) is 6.10 Å². The second kappa shape index (κ2) is 3.49. The Kier molecular flexibility index (Phi) is 2.29. The molecule has 1 N–H and O–H groups in total. The summed E-state index contributed by atoms with van der Waals surface area (Å²) in [7, 11) is 0. The fourth-order valence-corrected chi connectivity index (χ4v) is 3.73. The van der Waals surface area contributed by atoms with Crippen molar-refractivity contribution in [2.24, 2.45) is 23.7 Å². The standard InChI is InChI=1S/C12H20O2/c13-7-14-10-3-1-8(2-4-10)11-5-9-6-12(9)11/h8-13H,1-7H2. The number of hydrogen-bond acceptors (Lipinski definition) is 2. The molecule has 0 heterocycles. The van der Waals surface area contributed by atoms with Crippen molar-refractivity contribution in [1.29, 1.82) is 0 Å². The third-order valence-corrected chi connectivity index (χ3v) is 4.74. The SMILES string of the molecule is OCOC1CCC(C2CC3CC32)CC1. The normalized spacial score (nSPS) is 50.8. The molecule has 14 heavy (non-hydrogen) atoms. The average molecular weight is 196 g/mol. The molecule has 0 amide bonds. The molecule has 0 aliphatic heterocycles. The van der Waals surface area contributed by atoms with Crippen LogP contribution in [0.15, 0.2) is 0 Å². The molecule has 3 aliphatic rings. The van der Waals surface area contributed by atoms with Gasteiger partial charge in [0.25, 0.3) is 0 Å². The molecule has 2 heteroatoms. The molecule has 0 bridgehead atoms. The first kappa shape index (κ1) is 9.17. The highest BCUT2D eigenvalue weighted by Gasteiger charge is 2.55. The predicted octanol–water partition coefficient (Wildman–Crippen LogP) is 2.17. The molecule has 3 unspecified atom stereocenters. The second-order valence-electron chi connectivity index (χ2n) is 5.39. The van der Waals surface area contributed by atoms with Crippen molar-refractivity contribution >= 4 is 0 Å². The van der Waals surface area contributed by atoms with Gasteiger partial charge in [-0.25, -0.2) is 0 Å². The first-order chi connectivity index (χ1) is 6.88. The minimum absolute atomic E-state index is 0.0938. The molecule has 0 aromatic carbocycles. The first-order valence-electron chi connectivity index (χ1n) is 6.11. The topological polar surface area (TPSA) is 29.5 Å². The van der Waals surface area contributed by atoms with Crippen LogP contribution in [0.1, 0.15) is 38.5 Å². The molecule has 80 valence electrons. The average Bonchev–Trinajstić information content (AvgIpc) is 2.81. The molecule has 0 radical (unpaired) electrons. The number of aliphatic hydroxyl groups excluding tert-OH is 1. The van der Waals surface area contributed by atoms with Gasteiger partial charge in [-0.1, -0.05) is 0 Å². The van der Waals surface area contributed by atoms with Gasteiger partial charge in [-0.3, -0.25) is 0 Å². The van der Waals surface area contributed by atoms with E-state index in [9.17, 15) is 0 Å². The van der Waals surface area contributed by atoms with Gasteiger partial charge in [0.2, 0.25) is 0 Å². The first-order valence-corrected chi connectivity index (χ1v) is 6.11. The molecule has 3 rings (SSSR count). The smallest absolute Gasteiger partial charge is 0.143 e. The van der Waals surface area contributed by atoms with Crippen molar-refractivity contribution in [1.82, 2.24) is 0 Å². The van der Waals surface area contributed by atoms with Crippen molar-refractivity contribution in [3.63, 3.8) is 0 Å². The van der Waals surface area contributed by atoms with Gasteiger partial charge in [-0.05, 0) is 62.2 Å². The van der Waals surface area contributed by atoms with Crippen LogP contribution < -0.4 is 0 Å². The molecule has 0 aromatic rings. The Morgan fingerprint density at radius 2 is 1.57 bits per heavy atom. The van der Waals surface area contributed by atoms with Crippen LogP contribution >= 0.6 is 0 Å². The zero-order valence-corrected chi connectivity index (χ0v) is 8.69. The Bertz CT molecular complexity index is 208. The molecule has 3 fully saturated rings. The van der Waals surface area contributed by atoms with E-state index < -0.39 is 0 Å². The van der Waals surface area contributed by atoms with E-state index in [1.807, 2.05) is 0 Å². The summed E-state index contributed by atoms with van der Waals surface area (Å²) in [6.07, 6.45) is 8.47. The van der Waals surface area contributed by atoms with Gasteiger partial charge in [-0.15, -0.1) is 0 Å². The Morgan fingerprint density at radius 1 is 0.929 bits per heavy atom. The van der Waals surface area contributed by atoms with E-state index in [-0.39, 0.29) is 6.79 Å². The van der Waals surface area contributed by atoms with Gasteiger partial charge >= 0.3 is 0 Å². The summed E-state index contributed by atoms with van der Waals surface area (Å²) in [5.41, 5.74) is 0. The molecule has 3 saturated carbocycles. The highest BCUT2D eigenvalue weighted by molar-refractivity contribution is 5.05. The molecular weight excluding hydrogens is 176 g/mol. The zero-order chi connectivity index (χ0) is 9.54. The molecule has 0 aromatic heterocycles. The molecule has 0 saturated heterocycles. The highest BCUT2D eigenvalue weighted by Crippen LogP contribution is 2.63. The summed E-state index contributed by atoms with van der Waals surface area (Å²) in [4.78, 5) is 0. The molecule has 3 aliphatic carbocycles. The predicted molar refractivity (Wildman–Crippen MR) is 53.6 cm³/mol. The van der Waals surface area contributed by atoms with Crippen LogP contribution in [0.2, 0.25) is 0 Å². The number of hydrogen-bond donors (Lipinski definition) is 1. The lowest BCUT2D eigenvalue weighted by Gasteiger charge is -2.37. The van der Waals surface area contributed by atoms with Crippen LogP contribution in [0.4, 0.5) is 0 Å². The fourth-order valence-electron chi connectivity index (χ4n) is 3.73. The minimum atomic E-state index is -0.0938. The summed E-state index contributed by atoms with van der Waals surface area (Å²) in [6.45, 7) is -0.0938. The maximum Gasteiger partial charge on any atom is 0.143 e. The largest absolute Gasteiger partial charge is 0.371 e. The maximum absolute atomic E-state index is 8.68. The monoisotopic (exact) mass is 196 g/mol. The van der Waals surface area contributed by atoms with Gasteiger partial charge < -0.3 is 9.84 Å². The van der Waals surface area contributed by atoms with E-state index in [2.05, 4.69) is 0 Å². The maximum atomic E-state index is 8.68. The highest BCUT2D eigenvalue weighted by atomic mass is 16.6. The minimum Gasteiger partial charge on any atom is -0.371 e. The summed E-state index contributed by atoms with van der Waals surface area (Å²) in [5.74, 6) is 4.36. The van der Waals surface area contributed by atoms with Crippen LogP contribution in [0.3, 0.4) is 0 Å². The number of ether oxygens (including phenoxy) is 1. The van der Waals surface area contributed by atoms with Crippen molar-refractivity contribution in [3.8, 4) is 0 Å². The van der Waals surface area contributed by atoms with Crippen LogP contribution in [-0.4, -0.2) is 18.0 Å². The van der Waals surface area contributed by atoms with Crippen molar-refractivity contribution in [3.05, 3.63) is 0 Å². The summed E-state index contributed by atoms with van der Waals surface area (Å²) >= 11 is 0. The van der Waals surface area contributed by atoms with E-state index in [1.54, 1.807) is 0 Å². The Morgan fingerprint density at radius 3 is 2.07 bits per heavy atom. The lowest BCUT2D eigenvalue weighted by atomic mass is 9.69. The Hall–Kier alpha value is -0.0800. The van der Waals surface area contributed by atoms with Crippen LogP contribution in [-0.2, 0) is 4.74 Å². The van der Waals surface area contributed by atoms with Gasteiger partial charge in [0.1, 0.15) is 6.79 Å². The third kappa shape index (κ3) is 1.49. The number of aliphatic hydroxyl groups is 1. The number of fused-ring (bicyclic) bond motifs is 1. The third-order valence-electron chi connectivity index (χ3n) is 4.74. The van der Waals surface area contributed by atoms with Gasteiger partial charge in [-0.2, -0.15) is 0 Å². The van der Waals surface area contributed by atoms with E-state index >= 15 is 0 Å². The Labute approximate surface area is 85.6 Å². The summed E-state index contributed by atoms with van der Waals surface area (Å²) < 4.78 is 5.26. The molecule has 0 spiro atoms. The molecular formula is C12H20O2. The lowest BCUT2D eigenvalue weighted by molar-refractivity contribution is -0.0721. The van der Waals surface area contributed by atoms with E-state index in [4.69, 9.17) is 9.84 Å². The van der Waals surface area contributed by atoms with E-state index in [0.717, 1.165) is 23.7 Å². The quantitative estimate of drug-likeness (QED) is 0.701. The summed E-state index contributed by atoms with van der Waals surface area (Å²) in [6, 6.07) is 0. The van der Waals surface area contributed by atoms with Crippen LogP contribution in [0, 0.1) is 23.7 Å². The number of rotatable bonds is 3. The van der Waals surface area contributed by atoms with Crippen LogP contribution in [0.5, 0.6) is 0 Å².